The van der Waals surface area contributed by atoms with E-state index in [1.165, 1.54) is 0 Å². The highest BCUT2D eigenvalue weighted by atomic mass is 16.2. The Morgan fingerprint density at radius 3 is 2.87 bits per heavy atom. The first kappa shape index (κ1) is 19.3. The Balaban J connectivity index is 1.49. The van der Waals surface area contributed by atoms with Crippen LogP contribution in [-0.4, -0.2) is 37.8 Å². The molecule has 150 valence electrons. The summed E-state index contributed by atoms with van der Waals surface area (Å²) in [4.78, 5) is 35.9. The fourth-order valence-corrected chi connectivity index (χ4v) is 3.53. The number of pyridine rings is 1. The first-order valence-corrected chi connectivity index (χ1v) is 9.63. The largest absolute Gasteiger partial charge is 0.345 e. The molecule has 0 unspecified atom stereocenters. The Morgan fingerprint density at radius 1 is 1.23 bits per heavy atom. The monoisotopic (exact) mass is 400 g/mol. The number of carbonyl (C=O) groups is 2. The molecule has 0 radical (unpaired) electrons. The van der Waals surface area contributed by atoms with Crippen molar-refractivity contribution in [1.29, 1.82) is 5.26 Å². The van der Waals surface area contributed by atoms with E-state index in [-0.39, 0.29) is 17.9 Å². The van der Waals surface area contributed by atoms with Gasteiger partial charge in [0.1, 0.15) is 11.5 Å². The van der Waals surface area contributed by atoms with E-state index in [2.05, 4.69) is 21.4 Å². The van der Waals surface area contributed by atoms with Crippen molar-refractivity contribution in [3.05, 3.63) is 83.2 Å². The first-order valence-electron chi connectivity index (χ1n) is 9.63. The van der Waals surface area contributed by atoms with Gasteiger partial charge in [-0.2, -0.15) is 5.26 Å². The number of imidazole rings is 1. The Hall–Kier alpha value is -3.99. The van der Waals surface area contributed by atoms with Crippen LogP contribution in [0, 0.1) is 11.3 Å². The van der Waals surface area contributed by atoms with Gasteiger partial charge >= 0.3 is 0 Å². The highest BCUT2D eigenvalue weighted by Crippen LogP contribution is 2.26. The number of nitrogens with zero attached hydrogens (tertiary/aromatic N) is 5. The smallest absolute Gasteiger partial charge is 0.271 e. The van der Waals surface area contributed by atoms with Gasteiger partial charge in [0.15, 0.2) is 0 Å². The summed E-state index contributed by atoms with van der Waals surface area (Å²) in [5, 5.41) is 11.9. The lowest BCUT2D eigenvalue weighted by Gasteiger charge is -2.33. The second kappa shape index (κ2) is 8.17. The van der Waals surface area contributed by atoms with Crippen LogP contribution >= 0.6 is 0 Å². The minimum atomic E-state index is -0.297. The van der Waals surface area contributed by atoms with E-state index in [1.807, 2.05) is 29.7 Å². The molecule has 0 saturated heterocycles. The van der Waals surface area contributed by atoms with Crippen molar-refractivity contribution in [2.24, 2.45) is 0 Å². The van der Waals surface area contributed by atoms with Crippen molar-refractivity contribution in [1.82, 2.24) is 24.8 Å². The molecule has 0 bridgehead atoms. The number of benzene rings is 1. The molecule has 2 amide bonds. The predicted molar refractivity (Wildman–Crippen MR) is 108 cm³/mol. The maximum atomic E-state index is 13.0. The molecule has 0 spiro atoms. The summed E-state index contributed by atoms with van der Waals surface area (Å²) in [5.41, 5.74) is 1.99. The number of fused-ring (bicyclic) bond motifs is 1. The Labute approximate surface area is 173 Å². The molecule has 1 aliphatic heterocycles. The van der Waals surface area contributed by atoms with Gasteiger partial charge in [0.05, 0.1) is 29.9 Å². The van der Waals surface area contributed by atoms with Gasteiger partial charge in [0, 0.05) is 31.0 Å². The molecule has 1 atom stereocenters. The summed E-state index contributed by atoms with van der Waals surface area (Å²) < 4.78 is 1.91. The molecular formula is C22H20N6O2. The third-order valence-electron chi connectivity index (χ3n) is 5.12. The molecule has 3 aromatic rings. The number of carbonyl (C=O) groups excluding carboxylic acids is 2. The van der Waals surface area contributed by atoms with E-state index >= 15 is 0 Å². The summed E-state index contributed by atoms with van der Waals surface area (Å²) in [6, 6.07) is 13.9. The number of nitriles is 1. The second-order valence-electron chi connectivity index (χ2n) is 7.05. The summed E-state index contributed by atoms with van der Waals surface area (Å²) in [5.74, 6) is 0.221. The molecule has 4 rings (SSSR count). The Morgan fingerprint density at radius 2 is 2.10 bits per heavy atom. The van der Waals surface area contributed by atoms with E-state index in [1.54, 1.807) is 41.6 Å². The molecule has 8 heteroatoms. The normalized spacial score (nSPS) is 15.2. The van der Waals surface area contributed by atoms with Crippen LogP contribution in [0.15, 0.2) is 54.9 Å². The summed E-state index contributed by atoms with van der Waals surface area (Å²) in [6.07, 6.45) is 3.40. The van der Waals surface area contributed by atoms with Crippen molar-refractivity contribution >= 4 is 11.8 Å². The molecule has 8 nitrogen and oxygen atoms in total. The molecule has 1 N–H and O–H groups in total. The van der Waals surface area contributed by atoms with Gasteiger partial charge < -0.3 is 14.8 Å². The van der Waals surface area contributed by atoms with E-state index in [9.17, 15) is 9.59 Å². The van der Waals surface area contributed by atoms with Crippen molar-refractivity contribution in [3.8, 4) is 6.07 Å². The topological polar surface area (TPSA) is 104 Å². The Bertz CT molecular complexity index is 1130. The molecule has 3 heterocycles. The van der Waals surface area contributed by atoms with Gasteiger partial charge in [-0.05, 0) is 37.3 Å². The van der Waals surface area contributed by atoms with Gasteiger partial charge in [-0.25, -0.2) is 4.98 Å². The molecule has 0 fully saturated rings. The number of hydrogen-bond donors (Lipinski definition) is 1. The van der Waals surface area contributed by atoms with Crippen LogP contribution in [0.25, 0.3) is 0 Å². The zero-order valence-electron chi connectivity index (χ0n) is 16.4. The summed E-state index contributed by atoms with van der Waals surface area (Å²) in [7, 11) is 0. The van der Waals surface area contributed by atoms with Crippen LogP contribution in [0.2, 0.25) is 0 Å². The second-order valence-corrected chi connectivity index (χ2v) is 7.05. The zero-order chi connectivity index (χ0) is 21.1. The fraction of sp³-hybridized carbons (Fsp3) is 0.227. The summed E-state index contributed by atoms with van der Waals surface area (Å²) >= 11 is 0. The lowest BCUT2D eigenvalue weighted by molar-refractivity contribution is 0.0638. The van der Waals surface area contributed by atoms with Crippen molar-refractivity contribution in [2.45, 2.75) is 26.1 Å². The number of aromatic nitrogens is 3. The van der Waals surface area contributed by atoms with Crippen molar-refractivity contribution < 1.29 is 9.59 Å². The lowest BCUT2D eigenvalue weighted by Crippen LogP contribution is -2.41. The number of rotatable bonds is 4. The van der Waals surface area contributed by atoms with Gasteiger partial charge in [-0.1, -0.05) is 12.1 Å². The predicted octanol–water partition coefficient (Wildman–Crippen LogP) is 2.30. The number of hydrogen-bond acceptors (Lipinski definition) is 5. The third kappa shape index (κ3) is 3.78. The standard InChI is InChI=1S/C22H20N6O2/c1-15-20-26-19(21(29)25-13-18-7-2-3-8-24-18)14-27(20)9-10-28(15)22(30)17-6-4-5-16(11-17)12-23/h2-8,11,14-15H,9-10,13H2,1H3,(H,25,29)/t15-/m1/s1. The van der Waals surface area contributed by atoms with E-state index in [0.29, 0.717) is 42.3 Å². The van der Waals surface area contributed by atoms with Crippen LogP contribution in [0.5, 0.6) is 0 Å². The van der Waals surface area contributed by atoms with Crippen LogP contribution < -0.4 is 5.32 Å². The molecular weight excluding hydrogens is 380 g/mol. The van der Waals surface area contributed by atoms with Crippen LogP contribution in [0.4, 0.5) is 0 Å². The van der Waals surface area contributed by atoms with Gasteiger partial charge in [0.2, 0.25) is 0 Å². The van der Waals surface area contributed by atoms with E-state index in [4.69, 9.17) is 5.26 Å². The van der Waals surface area contributed by atoms with Crippen molar-refractivity contribution in [3.63, 3.8) is 0 Å². The van der Waals surface area contributed by atoms with E-state index < -0.39 is 0 Å². The maximum Gasteiger partial charge on any atom is 0.271 e. The van der Waals surface area contributed by atoms with Crippen LogP contribution in [0.1, 0.15) is 50.9 Å². The van der Waals surface area contributed by atoms with Gasteiger partial charge in [-0.15, -0.1) is 0 Å². The van der Waals surface area contributed by atoms with Gasteiger partial charge in [0.25, 0.3) is 11.8 Å². The lowest BCUT2D eigenvalue weighted by atomic mass is 10.1. The molecule has 0 aliphatic carbocycles. The highest BCUT2D eigenvalue weighted by molar-refractivity contribution is 5.95. The number of amides is 2. The molecule has 2 aromatic heterocycles. The minimum Gasteiger partial charge on any atom is -0.345 e. The zero-order valence-corrected chi connectivity index (χ0v) is 16.4. The SMILES string of the molecule is C[C@@H]1c2nc(C(=O)NCc3ccccn3)cn2CCN1C(=O)c1cccc(C#N)c1. The average Bonchev–Trinajstić information content (AvgIpc) is 3.23. The third-order valence-corrected chi connectivity index (χ3v) is 5.12. The summed E-state index contributed by atoms with van der Waals surface area (Å²) in [6.45, 7) is 3.25. The molecule has 1 aromatic carbocycles. The maximum absolute atomic E-state index is 13.0. The Kier molecular flexibility index (Phi) is 5.26. The number of nitrogens with one attached hydrogen (secondary N) is 1. The van der Waals surface area contributed by atoms with Gasteiger partial charge in [-0.3, -0.25) is 14.6 Å². The van der Waals surface area contributed by atoms with Crippen LogP contribution in [-0.2, 0) is 13.1 Å². The minimum absolute atomic E-state index is 0.157. The average molecular weight is 400 g/mol. The highest BCUT2D eigenvalue weighted by Gasteiger charge is 2.31. The van der Waals surface area contributed by atoms with E-state index in [0.717, 1.165) is 5.69 Å². The molecule has 1 aliphatic rings. The first-order chi connectivity index (χ1) is 14.6. The van der Waals surface area contributed by atoms with Crippen molar-refractivity contribution in [2.75, 3.05) is 6.54 Å². The molecule has 30 heavy (non-hydrogen) atoms. The van der Waals surface area contributed by atoms with Crippen LogP contribution in [0.3, 0.4) is 0 Å². The molecule has 0 saturated carbocycles. The quantitative estimate of drug-likeness (QED) is 0.724. The fourth-order valence-electron chi connectivity index (χ4n) is 3.53.